The normalized spacial score (nSPS) is 13.5. The van der Waals surface area contributed by atoms with Crippen molar-refractivity contribution in [3.8, 4) is 6.07 Å². The van der Waals surface area contributed by atoms with Crippen molar-refractivity contribution in [2.24, 2.45) is 0 Å². The summed E-state index contributed by atoms with van der Waals surface area (Å²) in [5, 5.41) is 13.3. The van der Waals surface area contributed by atoms with Gasteiger partial charge in [-0.25, -0.2) is 31.7 Å². The van der Waals surface area contributed by atoms with E-state index in [4.69, 9.17) is 11.6 Å². The average Bonchev–Trinajstić information content (AvgIpc) is 3.28. The van der Waals surface area contributed by atoms with Gasteiger partial charge in [0.05, 0.1) is 22.7 Å². The molecular formula is C28H19ClF5N5O. The summed E-state index contributed by atoms with van der Waals surface area (Å²) >= 11 is 5.93. The highest BCUT2D eigenvalue weighted by Crippen LogP contribution is 2.32. The summed E-state index contributed by atoms with van der Waals surface area (Å²) in [4.78, 5) is 19.1. The van der Waals surface area contributed by atoms with E-state index in [0.29, 0.717) is 41.1 Å². The zero-order chi connectivity index (χ0) is 28.6. The molecule has 0 saturated heterocycles. The summed E-state index contributed by atoms with van der Waals surface area (Å²) in [6, 6.07) is 10.1. The fraction of sp³-hybridized carbons (Fsp3) is 0.179. The quantitative estimate of drug-likeness (QED) is 0.136. The number of pyridine rings is 1. The van der Waals surface area contributed by atoms with Gasteiger partial charge in [0.25, 0.3) is 0 Å². The number of halogens is 6. The number of nitriles is 1. The first-order chi connectivity index (χ1) is 19.2. The summed E-state index contributed by atoms with van der Waals surface area (Å²) in [5.74, 6) is -10.0. The molecule has 0 fully saturated rings. The highest BCUT2D eigenvalue weighted by molar-refractivity contribution is 6.29. The molecular weight excluding hydrogens is 553 g/mol. The van der Waals surface area contributed by atoms with Gasteiger partial charge < -0.3 is 5.32 Å². The largest absolute Gasteiger partial charge is 0.333 e. The zero-order valence-corrected chi connectivity index (χ0v) is 21.4. The van der Waals surface area contributed by atoms with Crippen LogP contribution in [0.2, 0.25) is 5.15 Å². The Labute approximate surface area is 229 Å². The van der Waals surface area contributed by atoms with Crippen LogP contribution < -0.4 is 5.32 Å². The predicted octanol–water partition coefficient (Wildman–Crippen LogP) is 6.09. The maximum Gasteiger partial charge on any atom is 0.326 e. The molecule has 0 atom stereocenters. The number of benzene rings is 2. The first-order valence-corrected chi connectivity index (χ1v) is 12.4. The third-order valence-corrected chi connectivity index (χ3v) is 6.89. The summed E-state index contributed by atoms with van der Waals surface area (Å²) < 4.78 is 70.0. The van der Waals surface area contributed by atoms with Crippen LogP contribution in [0.5, 0.6) is 0 Å². The van der Waals surface area contributed by atoms with Crippen LogP contribution in [0.4, 0.5) is 26.7 Å². The van der Waals surface area contributed by atoms with Gasteiger partial charge in [-0.2, -0.15) is 5.26 Å². The standard InChI is InChI=1S/C28H19ClF5N5O/c29-22-11-16(5-7-36-22)13-37-28(40)39-20-4-3-15(12-35)10-18(20)19-14-38(9-6-21(19)39)8-1-2-17-23(30)25(32)27(34)26(33)24(17)31/h1-5,7,10-11H,6,8-9,13-14H2,(H,37,40)/b2-1+. The van der Waals surface area contributed by atoms with E-state index in [1.165, 1.54) is 12.3 Å². The minimum atomic E-state index is -2.21. The summed E-state index contributed by atoms with van der Waals surface area (Å²) in [6.45, 7) is 1.12. The fourth-order valence-electron chi connectivity index (χ4n) is 4.77. The summed E-state index contributed by atoms with van der Waals surface area (Å²) in [5.41, 5.74) is 2.30. The maximum absolute atomic E-state index is 14.0. The number of carbonyl (C=O) groups excluding carboxylic acids is 1. The van der Waals surface area contributed by atoms with E-state index in [1.807, 2.05) is 4.90 Å². The van der Waals surface area contributed by atoms with Crippen molar-refractivity contribution >= 4 is 34.6 Å². The number of aromatic nitrogens is 2. The number of nitrogens with one attached hydrogen (secondary N) is 1. The highest BCUT2D eigenvalue weighted by atomic mass is 35.5. The lowest BCUT2D eigenvalue weighted by molar-refractivity contribution is 0.240. The monoisotopic (exact) mass is 571 g/mol. The molecule has 0 saturated carbocycles. The van der Waals surface area contributed by atoms with Crippen LogP contribution >= 0.6 is 11.6 Å². The molecule has 1 aliphatic rings. The molecule has 0 radical (unpaired) electrons. The van der Waals surface area contributed by atoms with Crippen LogP contribution in [0.1, 0.15) is 27.9 Å². The van der Waals surface area contributed by atoms with Crippen LogP contribution in [0.3, 0.4) is 0 Å². The Morgan fingerprint density at radius 3 is 2.50 bits per heavy atom. The second kappa shape index (κ2) is 11.1. The first kappa shape index (κ1) is 27.3. The van der Waals surface area contributed by atoms with Gasteiger partial charge >= 0.3 is 6.03 Å². The smallest absolute Gasteiger partial charge is 0.326 e. The van der Waals surface area contributed by atoms with Gasteiger partial charge in [-0.3, -0.25) is 9.47 Å². The molecule has 204 valence electrons. The Morgan fingerprint density at radius 1 is 1.07 bits per heavy atom. The van der Waals surface area contributed by atoms with Gasteiger partial charge in [0, 0.05) is 49.9 Å². The van der Waals surface area contributed by atoms with Crippen molar-refractivity contribution < 1.29 is 26.7 Å². The third kappa shape index (κ3) is 5.03. The number of nitrogens with zero attached hydrogens (tertiary/aromatic N) is 4. The number of hydrogen-bond donors (Lipinski definition) is 1. The lowest BCUT2D eigenvalue weighted by Gasteiger charge is -2.27. The van der Waals surface area contributed by atoms with Crippen LogP contribution in [0.15, 0.2) is 42.6 Å². The number of fused-ring (bicyclic) bond motifs is 3. The number of hydrogen-bond acceptors (Lipinski definition) is 4. The van der Waals surface area contributed by atoms with Crippen molar-refractivity contribution in [2.45, 2.75) is 19.5 Å². The van der Waals surface area contributed by atoms with Crippen molar-refractivity contribution in [1.29, 1.82) is 5.26 Å². The van der Waals surface area contributed by atoms with Crippen LogP contribution in [0.25, 0.3) is 17.0 Å². The summed E-state index contributed by atoms with van der Waals surface area (Å²) in [7, 11) is 0. The number of rotatable bonds is 5. The lowest BCUT2D eigenvalue weighted by Crippen LogP contribution is -2.34. The topological polar surface area (TPSA) is 74.0 Å². The molecule has 0 spiro atoms. The SMILES string of the molecule is N#Cc1ccc2c(c1)c1c(n2C(=O)NCc2ccnc(Cl)c2)CCN(C/C=C/c2c(F)c(F)c(F)c(F)c2F)C1. The number of carbonyl (C=O) groups is 1. The van der Waals surface area contributed by atoms with Crippen molar-refractivity contribution in [3.63, 3.8) is 0 Å². The van der Waals surface area contributed by atoms with E-state index < -0.39 is 34.6 Å². The molecule has 0 bridgehead atoms. The van der Waals surface area contributed by atoms with Gasteiger partial charge in [-0.05, 0) is 41.5 Å². The maximum atomic E-state index is 14.0. The predicted molar refractivity (Wildman–Crippen MR) is 138 cm³/mol. The zero-order valence-electron chi connectivity index (χ0n) is 20.6. The molecule has 4 aromatic rings. The first-order valence-electron chi connectivity index (χ1n) is 12.0. The highest BCUT2D eigenvalue weighted by Gasteiger charge is 2.27. The Bertz CT molecular complexity index is 1700. The molecule has 0 aliphatic carbocycles. The second-order valence-electron chi connectivity index (χ2n) is 9.12. The number of amides is 1. The van der Waals surface area contributed by atoms with Gasteiger partial charge in [0.2, 0.25) is 5.82 Å². The molecule has 1 aliphatic heterocycles. The van der Waals surface area contributed by atoms with Crippen molar-refractivity contribution in [1.82, 2.24) is 19.8 Å². The molecule has 6 nitrogen and oxygen atoms in total. The summed E-state index contributed by atoms with van der Waals surface area (Å²) in [6.07, 6.45) is 4.14. The average molecular weight is 572 g/mol. The molecule has 1 amide bonds. The molecule has 12 heteroatoms. The Hall–Kier alpha value is -4.27. The van der Waals surface area contributed by atoms with Gasteiger partial charge in [-0.1, -0.05) is 23.8 Å². The molecule has 2 aromatic carbocycles. The van der Waals surface area contributed by atoms with Crippen molar-refractivity contribution in [3.05, 3.63) is 105 Å². The molecule has 2 aromatic heterocycles. The second-order valence-corrected chi connectivity index (χ2v) is 9.51. The molecule has 5 rings (SSSR count). The van der Waals surface area contributed by atoms with Gasteiger partial charge in [0.1, 0.15) is 5.15 Å². The minimum Gasteiger partial charge on any atom is -0.333 e. The van der Waals surface area contributed by atoms with Gasteiger partial charge in [0.15, 0.2) is 23.3 Å². The van der Waals surface area contributed by atoms with E-state index in [-0.39, 0.29) is 19.1 Å². The van der Waals surface area contributed by atoms with Crippen LogP contribution in [0, 0.1) is 40.4 Å². The van der Waals surface area contributed by atoms with Crippen LogP contribution in [-0.2, 0) is 19.5 Å². The molecule has 0 unspecified atom stereocenters. The molecule has 1 N–H and O–H groups in total. The van der Waals surface area contributed by atoms with E-state index >= 15 is 0 Å². The fourth-order valence-corrected chi connectivity index (χ4v) is 4.97. The van der Waals surface area contributed by atoms with E-state index in [0.717, 1.165) is 22.9 Å². The minimum absolute atomic E-state index is 0.137. The molecule has 3 heterocycles. The Kier molecular flexibility index (Phi) is 7.56. The third-order valence-electron chi connectivity index (χ3n) is 6.69. The Morgan fingerprint density at radius 2 is 1.80 bits per heavy atom. The van der Waals surface area contributed by atoms with E-state index in [9.17, 15) is 32.0 Å². The van der Waals surface area contributed by atoms with E-state index in [2.05, 4.69) is 16.4 Å². The van der Waals surface area contributed by atoms with Gasteiger partial charge in [-0.15, -0.1) is 0 Å². The van der Waals surface area contributed by atoms with Crippen LogP contribution in [-0.4, -0.2) is 33.6 Å². The van der Waals surface area contributed by atoms with E-state index in [1.54, 1.807) is 34.9 Å². The lowest BCUT2D eigenvalue weighted by atomic mass is 10.0. The Balaban J connectivity index is 1.41. The molecule has 40 heavy (non-hydrogen) atoms. The van der Waals surface area contributed by atoms with Crippen molar-refractivity contribution in [2.75, 3.05) is 13.1 Å².